The number of benzene rings is 1. The molecule has 5 N–H and O–H groups in total. The van der Waals surface area contributed by atoms with Crippen LogP contribution in [0.5, 0.6) is 0 Å². The van der Waals surface area contributed by atoms with Crippen molar-refractivity contribution in [1.29, 1.82) is 0 Å². The summed E-state index contributed by atoms with van der Waals surface area (Å²) in [5.74, 6) is 0.869. The van der Waals surface area contributed by atoms with Crippen molar-refractivity contribution in [2.24, 2.45) is 0 Å². The molecule has 0 aliphatic carbocycles. The van der Waals surface area contributed by atoms with Crippen molar-refractivity contribution in [3.8, 4) is 0 Å². The maximum Gasteiger partial charge on any atom is 0.273 e. The molecule has 0 spiro atoms. The first kappa shape index (κ1) is 20.6. The van der Waals surface area contributed by atoms with E-state index in [4.69, 9.17) is 11.6 Å². The molecule has 4 rings (SSSR count). The first-order chi connectivity index (χ1) is 15.0. The van der Waals surface area contributed by atoms with E-state index >= 15 is 0 Å². The molecule has 0 unspecified atom stereocenters. The van der Waals surface area contributed by atoms with Gasteiger partial charge in [0.05, 0.1) is 6.20 Å². The number of aromatic amines is 1. The number of amides is 2. The standard InChI is InChI=1S/C20H21ClN8O2/c1-11-8-15(29-28-11)26-16-10-22-18(20(31)23-9-14-6-7-17(30)24-14)19(27-16)25-13-4-2-12(21)3-5-13/h2-5,8,10,14H,6-7,9H2,1H3,(H,23,31)(H,24,30)(H3,25,26,27,28,29)/t14-/m0/s1. The van der Waals surface area contributed by atoms with E-state index in [1.54, 1.807) is 24.3 Å². The van der Waals surface area contributed by atoms with Gasteiger partial charge in [-0.3, -0.25) is 14.7 Å². The summed E-state index contributed by atoms with van der Waals surface area (Å²) in [7, 11) is 0. The summed E-state index contributed by atoms with van der Waals surface area (Å²) in [6.45, 7) is 2.21. The van der Waals surface area contributed by atoms with Crippen LogP contribution in [0.4, 0.5) is 23.1 Å². The predicted octanol–water partition coefficient (Wildman–Crippen LogP) is 2.66. The van der Waals surface area contributed by atoms with Gasteiger partial charge in [0.15, 0.2) is 23.1 Å². The fourth-order valence-electron chi connectivity index (χ4n) is 3.12. The minimum absolute atomic E-state index is 0.00633. The van der Waals surface area contributed by atoms with Crippen molar-refractivity contribution in [2.75, 3.05) is 17.2 Å². The topological polar surface area (TPSA) is 137 Å². The molecule has 10 nitrogen and oxygen atoms in total. The third kappa shape index (κ3) is 5.28. The number of nitrogens with zero attached hydrogens (tertiary/aromatic N) is 3. The van der Waals surface area contributed by atoms with Gasteiger partial charge >= 0.3 is 0 Å². The Morgan fingerprint density at radius 2 is 2.03 bits per heavy atom. The normalized spacial score (nSPS) is 15.4. The van der Waals surface area contributed by atoms with Gasteiger partial charge in [0, 0.05) is 41.5 Å². The summed E-state index contributed by atoms with van der Waals surface area (Å²) >= 11 is 5.96. The van der Waals surface area contributed by atoms with Crippen LogP contribution in [-0.4, -0.2) is 44.6 Å². The summed E-state index contributed by atoms with van der Waals surface area (Å²) in [5.41, 5.74) is 1.72. The molecule has 0 saturated carbocycles. The van der Waals surface area contributed by atoms with Crippen molar-refractivity contribution < 1.29 is 9.59 Å². The number of carbonyl (C=O) groups is 2. The number of hydrogen-bond donors (Lipinski definition) is 5. The zero-order valence-corrected chi connectivity index (χ0v) is 17.5. The average Bonchev–Trinajstić information content (AvgIpc) is 3.35. The van der Waals surface area contributed by atoms with E-state index in [9.17, 15) is 9.59 Å². The van der Waals surface area contributed by atoms with E-state index in [1.807, 2.05) is 13.0 Å². The van der Waals surface area contributed by atoms with E-state index in [0.29, 0.717) is 41.7 Å². The Morgan fingerprint density at radius 3 is 2.71 bits per heavy atom. The Balaban J connectivity index is 1.55. The SMILES string of the molecule is Cc1cc(Nc2cnc(C(=O)NC[C@@H]3CCC(=O)N3)c(Nc3ccc(Cl)cc3)n2)n[nH]1. The highest BCUT2D eigenvalue weighted by atomic mass is 35.5. The Hall–Kier alpha value is -3.66. The number of halogens is 1. The molecule has 0 radical (unpaired) electrons. The molecule has 31 heavy (non-hydrogen) atoms. The lowest BCUT2D eigenvalue weighted by molar-refractivity contribution is -0.119. The van der Waals surface area contributed by atoms with Gasteiger partial charge in [0.2, 0.25) is 5.91 Å². The second-order valence-electron chi connectivity index (χ2n) is 7.16. The summed E-state index contributed by atoms with van der Waals surface area (Å²) in [5, 5.41) is 19.4. The first-order valence-corrected chi connectivity index (χ1v) is 10.1. The number of hydrogen-bond acceptors (Lipinski definition) is 7. The monoisotopic (exact) mass is 440 g/mol. The smallest absolute Gasteiger partial charge is 0.273 e. The second-order valence-corrected chi connectivity index (χ2v) is 7.60. The molecule has 1 aliphatic heterocycles. The van der Waals surface area contributed by atoms with Crippen LogP contribution < -0.4 is 21.3 Å². The Bertz CT molecular complexity index is 1100. The number of carbonyl (C=O) groups excluding carboxylic acids is 2. The van der Waals surface area contributed by atoms with Crippen molar-refractivity contribution in [2.45, 2.75) is 25.8 Å². The lowest BCUT2D eigenvalue weighted by Gasteiger charge is -2.14. The molecule has 1 aromatic carbocycles. The molecule has 3 heterocycles. The minimum atomic E-state index is -0.396. The maximum atomic E-state index is 12.8. The highest BCUT2D eigenvalue weighted by Crippen LogP contribution is 2.22. The maximum absolute atomic E-state index is 12.8. The van der Waals surface area contributed by atoms with Crippen molar-refractivity contribution in [3.05, 3.63) is 52.9 Å². The van der Waals surface area contributed by atoms with Gasteiger partial charge in [-0.1, -0.05) is 11.6 Å². The van der Waals surface area contributed by atoms with Gasteiger partial charge < -0.3 is 21.3 Å². The van der Waals surface area contributed by atoms with E-state index < -0.39 is 5.91 Å². The fourth-order valence-corrected chi connectivity index (χ4v) is 3.24. The predicted molar refractivity (Wildman–Crippen MR) is 117 cm³/mol. The summed E-state index contributed by atoms with van der Waals surface area (Å²) in [6.07, 6.45) is 2.62. The molecular formula is C20H21ClN8O2. The molecule has 1 saturated heterocycles. The molecule has 0 bridgehead atoms. The van der Waals surface area contributed by atoms with Gasteiger partial charge in [0.1, 0.15) is 0 Å². The molecular weight excluding hydrogens is 420 g/mol. The van der Waals surface area contributed by atoms with Crippen LogP contribution in [0.2, 0.25) is 5.02 Å². The molecule has 3 aromatic rings. The average molecular weight is 441 g/mol. The third-order valence-electron chi connectivity index (χ3n) is 4.65. The Morgan fingerprint density at radius 1 is 1.23 bits per heavy atom. The van der Waals surface area contributed by atoms with Crippen molar-refractivity contribution >= 4 is 46.6 Å². The number of anilines is 4. The third-order valence-corrected chi connectivity index (χ3v) is 4.90. The summed E-state index contributed by atoms with van der Waals surface area (Å²) in [4.78, 5) is 33.0. The molecule has 1 aliphatic rings. The van der Waals surface area contributed by atoms with Gasteiger partial charge in [-0.25, -0.2) is 9.97 Å². The van der Waals surface area contributed by atoms with Crippen molar-refractivity contribution in [3.63, 3.8) is 0 Å². The number of H-pyrrole nitrogens is 1. The molecule has 160 valence electrons. The van der Waals surface area contributed by atoms with Gasteiger partial charge in [-0.2, -0.15) is 5.10 Å². The van der Waals surface area contributed by atoms with Crippen LogP contribution in [0.15, 0.2) is 36.5 Å². The van der Waals surface area contributed by atoms with E-state index in [2.05, 4.69) is 41.4 Å². The fraction of sp³-hybridized carbons (Fsp3) is 0.250. The lowest BCUT2D eigenvalue weighted by Crippen LogP contribution is -2.38. The minimum Gasteiger partial charge on any atom is -0.352 e. The lowest BCUT2D eigenvalue weighted by atomic mass is 10.2. The number of aromatic nitrogens is 4. The van der Waals surface area contributed by atoms with Gasteiger partial charge in [-0.05, 0) is 37.6 Å². The summed E-state index contributed by atoms with van der Waals surface area (Å²) in [6, 6.07) is 8.75. The second kappa shape index (κ2) is 9.00. The van der Waals surface area contributed by atoms with Crippen LogP contribution in [-0.2, 0) is 4.79 Å². The van der Waals surface area contributed by atoms with E-state index in [-0.39, 0.29) is 23.5 Å². The first-order valence-electron chi connectivity index (χ1n) is 9.72. The van der Waals surface area contributed by atoms with Gasteiger partial charge in [0.25, 0.3) is 5.91 Å². The number of aryl methyl sites for hydroxylation is 1. The molecule has 2 aromatic heterocycles. The van der Waals surface area contributed by atoms with Crippen LogP contribution in [0.1, 0.15) is 29.0 Å². The van der Waals surface area contributed by atoms with E-state index in [0.717, 1.165) is 5.69 Å². The van der Waals surface area contributed by atoms with Crippen molar-refractivity contribution in [1.82, 2.24) is 30.8 Å². The number of rotatable bonds is 7. The highest BCUT2D eigenvalue weighted by Gasteiger charge is 2.23. The largest absolute Gasteiger partial charge is 0.352 e. The van der Waals surface area contributed by atoms with Crippen LogP contribution in [0.25, 0.3) is 0 Å². The highest BCUT2D eigenvalue weighted by molar-refractivity contribution is 6.30. The Labute approximate surface area is 183 Å². The van der Waals surface area contributed by atoms with Gasteiger partial charge in [-0.15, -0.1) is 0 Å². The summed E-state index contributed by atoms with van der Waals surface area (Å²) < 4.78 is 0. The number of nitrogens with one attached hydrogen (secondary N) is 5. The van der Waals surface area contributed by atoms with Crippen LogP contribution in [0, 0.1) is 6.92 Å². The van der Waals surface area contributed by atoms with Crippen LogP contribution in [0.3, 0.4) is 0 Å². The van der Waals surface area contributed by atoms with Crippen LogP contribution >= 0.6 is 11.6 Å². The molecule has 2 amide bonds. The van der Waals surface area contributed by atoms with E-state index in [1.165, 1.54) is 6.20 Å². The molecule has 11 heteroatoms. The zero-order valence-electron chi connectivity index (χ0n) is 16.7. The quantitative estimate of drug-likeness (QED) is 0.381. The Kier molecular flexibility index (Phi) is 5.99. The molecule has 1 fully saturated rings. The molecule has 1 atom stereocenters. The zero-order chi connectivity index (χ0) is 21.8.